The number of benzene rings is 2. The molecular weight excluding hydrogens is 431 g/mol. The Morgan fingerprint density at radius 3 is 2.12 bits per heavy atom. The van der Waals surface area contributed by atoms with Gasteiger partial charge in [-0.3, -0.25) is 9.59 Å². The highest BCUT2D eigenvalue weighted by Crippen LogP contribution is 2.14. The Labute approximate surface area is 161 Å². The van der Waals surface area contributed by atoms with E-state index in [9.17, 15) is 9.59 Å². The van der Waals surface area contributed by atoms with Crippen LogP contribution in [-0.4, -0.2) is 25.0 Å². The van der Waals surface area contributed by atoms with Gasteiger partial charge in [0.05, 0.1) is 7.11 Å². The average Bonchev–Trinajstić information content (AvgIpc) is 2.61. The van der Waals surface area contributed by atoms with E-state index < -0.39 is 6.04 Å². The molecule has 132 valence electrons. The van der Waals surface area contributed by atoms with Gasteiger partial charge in [-0.2, -0.15) is 0 Å². The molecule has 0 heterocycles. The predicted molar refractivity (Wildman–Crippen MR) is 107 cm³/mol. The van der Waals surface area contributed by atoms with Crippen LogP contribution in [0.5, 0.6) is 5.75 Å². The van der Waals surface area contributed by atoms with Crippen LogP contribution < -0.4 is 15.4 Å². The number of methoxy groups -OCH3 is 1. The molecule has 6 heteroatoms. The number of hydrogen-bond donors (Lipinski definition) is 2. The molecule has 0 bridgehead atoms. The summed E-state index contributed by atoms with van der Waals surface area (Å²) in [5.41, 5.74) is 1.18. The summed E-state index contributed by atoms with van der Waals surface area (Å²) >= 11 is 2.20. The fraction of sp³-hybridized carbons (Fsp3) is 0.263. The highest BCUT2D eigenvalue weighted by atomic mass is 127. The van der Waals surface area contributed by atoms with Gasteiger partial charge >= 0.3 is 0 Å². The van der Waals surface area contributed by atoms with E-state index in [2.05, 4.69) is 33.2 Å². The van der Waals surface area contributed by atoms with Gasteiger partial charge in [0.15, 0.2) is 0 Å². The summed E-state index contributed by atoms with van der Waals surface area (Å²) in [6, 6.07) is 13.6. The minimum Gasteiger partial charge on any atom is -0.497 e. The molecule has 0 saturated heterocycles. The molecule has 2 N–H and O–H groups in total. The van der Waals surface area contributed by atoms with E-state index in [0.717, 1.165) is 3.57 Å². The summed E-state index contributed by atoms with van der Waals surface area (Å²) in [5, 5.41) is 5.66. The van der Waals surface area contributed by atoms with Crippen molar-refractivity contribution in [3.63, 3.8) is 0 Å². The summed E-state index contributed by atoms with van der Waals surface area (Å²) < 4.78 is 6.17. The zero-order valence-corrected chi connectivity index (χ0v) is 16.5. The van der Waals surface area contributed by atoms with Gasteiger partial charge < -0.3 is 15.4 Å². The van der Waals surface area contributed by atoms with Crippen LogP contribution in [0, 0.1) is 9.49 Å². The summed E-state index contributed by atoms with van der Waals surface area (Å²) in [7, 11) is 1.57. The summed E-state index contributed by atoms with van der Waals surface area (Å²) in [6.07, 6.45) is 0. The second-order valence-corrected chi connectivity index (χ2v) is 7.17. The molecule has 1 atom stereocenters. The Bertz CT molecular complexity index is 727. The number of anilines is 1. The molecule has 2 aromatic carbocycles. The molecule has 0 aliphatic carbocycles. The first-order chi connectivity index (χ1) is 11.9. The van der Waals surface area contributed by atoms with E-state index in [1.54, 1.807) is 31.4 Å². The van der Waals surface area contributed by atoms with E-state index in [-0.39, 0.29) is 17.7 Å². The van der Waals surface area contributed by atoms with E-state index in [1.807, 2.05) is 38.1 Å². The van der Waals surface area contributed by atoms with Crippen molar-refractivity contribution in [2.24, 2.45) is 5.92 Å². The fourth-order valence-electron chi connectivity index (χ4n) is 2.26. The molecule has 1 unspecified atom stereocenters. The number of rotatable bonds is 6. The predicted octanol–water partition coefficient (Wildman–Crippen LogP) is 3.69. The lowest BCUT2D eigenvalue weighted by molar-refractivity contribution is -0.118. The highest BCUT2D eigenvalue weighted by molar-refractivity contribution is 14.1. The van der Waals surface area contributed by atoms with Crippen molar-refractivity contribution in [3.05, 3.63) is 57.7 Å². The van der Waals surface area contributed by atoms with Gasteiger partial charge in [0, 0.05) is 14.8 Å². The van der Waals surface area contributed by atoms with Gasteiger partial charge in [-0.15, -0.1) is 0 Å². The Hall–Kier alpha value is -2.09. The van der Waals surface area contributed by atoms with E-state index in [1.165, 1.54) is 0 Å². The molecule has 0 saturated carbocycles. The van der Waals surface area contributed by atoms with Crippen molar-refractivity contribution in [2.75, 3.05) is 12.4 Å². The van der Waals surface area contributed by atoms with Gasteiger partial charge in [-0.1, -0.05) is 13.8 Å². The number of halogens is 1. The average molecular weight is 452 g/mol. The minimum atomic E-state index is -0.631. The lowest BCUT2D eigenvalue weighted by atomic mass is 10.0. The molecule has 25 heavy (non-hydrogen) atoms. The number of hydrogen-bond acceptors (Lipinski definition) is 3. The Balaban J connectivity index is 2.07. The van der Waals surface area contributed by atoms with Gasteiger partial charge in [-0.25, -0.2) is 0 Å². The van der Waals surface area contributed by atoms with E-state index >= 15 is 0 Å². The molecule has 2 rings (SSSR count). The second-order valence-electron chi connectivity index (χ2n) is 5.92. The molecular formula is C19H21IN2O3. The molecule has 0 aromatic heterocycles. The maximum Gasteiger partial charge on any atom is 0.251 e. The quantitative estimate of drug-likeness (QED) is 0.658. The van der Waals surface area contributed by atoms with Crippen LogP contribution in [-0.2, 0) is 4.79 Å². The van der Waals surface area contributed by atoms with Crippen molar-refractivity contribution in [3.8, 4) is 5.75 Å². The first-order valence-electron chi connectivity index (χ1n) is 7.92. The lowest BCUT2D eigenvalue weighted by Crippen LogP contribution is -2.47. The van der Waals surface area contributed by atoms with Crippen molar-refractivity contribution >= 4 is 40.1 Å². The molecule has 0 fully saturated rings. The highest BCUT2D eigenvalue weighted by Gasteiger charge is 2.24. The van der Waals surface area contributed by atoms with Gasteiger partial charge in [-0.05, 0) is 77.0 Å². The summed E-state index contributed by atoms with van der Waals surface area (Å²) in [4.78, 5) is 25.0. The number of nitrogens with one attached hydrogen (secondary N) is 2. The van der Waals surface area contributed by atoms with Gasteiger partial charge in [0.2, 0.25) is 5.91 Å². The zero-order valence-electron chi connectivity index (χ0n) is 14.4. The third kappa shape index (κ3) is 5.45. The van der Waals surface area contributed by atoms with Crippen LogP contribution in [0.25, 0.3) is 0 Å². The standard InChI is InChI=1S/C19H21IN2O3/c1-12(2)17(19(24)21-15-8-6-14(20)7-9-15)22-18(23)13-4-10-16(25-3)11-5-13/h4-12,17H,1-3H3,(H,21,24)(H,22,23). The van der Waals surface area contributed by atoms with Crippen LogP contribution >= 0.6 is 22.6 Å². The monoisotopic (exact) mass is 452 g/mol. The van der Waals surface area contributed by atoms with Crippen LogP contribution in [0.1, 0.15) is 24.2 Å². The minimum absolute atomic E-state index is 0.0500. The Kier molecular flexibility index (Phi) is 6.81. The van der Waals surface area contributed by atoms with Crippen LogP contribution in [0.15, 0.2) is 48.5 Å². The molecule has 0 radical (unpaired) electrons. The summed E-state index contributed by atoms with van der Waals surface area (Å²) in [5.74, 6) is 0.0941. The summed E-state index contributed by atoms with van der Waals surface area (Å²) in [6.45, 7) is 3.79. The van der Waals surface area contributed by atoms with Crippen molar-refractivity contribution in [1.82, 2.24) is 5.32 Å². The van der Waals surface area contributed by atoms with Crippen LogP contribution in [0.2, 0.25) is 0 Å². The smallest absolute Gasteiger partial charge is 0.251 e. The lowest BCUT2D eigenvalue weighted by Gasteiger charge is -2.22. The molecule has 2 aromatic rings. The second kappa shape index (κ2) is 8.84. The first-order valence-corrected chi connectivity index (χ1v) is 9.00. The zero-order chi connectivity index (χ0) is 18.4. The Morgan fingerprint density at radius 2 is 1.60 bits per heavy atom. The van der Waals surface area contributed by atoms with Crippen molar-refractivity contribution in [1.29, 1.82) is 0 Å². The van der Waals surface area contributed by atoms with Crippen LogP contribution in [0.4, 0.5) is 5.69 Å². The number of carbonyl (C=O) groups is 2. The van der Waals surface area contributed by atoms with Gasteiger partial charge in [0.25, 0.3) is 5.91 Å². The van der Waals surface area contributed by atoms with E-state index in [4.69, 9.17) is 4.74 Å². The molecule has 0 aliphatic rings. The third-order valence-electron chi connectivity index (χ3n) is 3.70. The molecule has 2 amide bonds. The first kappa shape index (κ1) is 19.2. The normalized spacial score (nSPS) is 11.7. The van der Waals surface area contributed by atoms with Crippen molar-refractivity contribution < 1.29 is 14.3 Å². The molecule has 0 spiro atoms. The topological polar surface area (TPSA) is 67.4 Å². The SMILES string of the molecule is COc1ccc(C(=O)NC(C(=O)Nc2ccc(I)cc2)C(C)C)cc1. The fourth-order valence-corrected chi connectivity index (χ4v) is 2.61. The Morgan fingerprint density at radius 1 is 1.00 bits per heavy atom. The largest absolute Gasteiger partial charge is 0.497 e. The number of carbonyl (C=O) groups excluding carboxylic acids is 2. The maximum absolute atomic E-state index is 12.6. The third-order valence-corrected chi connectivity index (χ3v) is 4.42. The van der Waals surface area contributed by atoms with Gasteiger partial charge in [0.1, 0.15) is 11.8 Å². The van der Waals surface area contributed by atoms with E-state index in [0.29, 0.717) is 17.0 Å². The molecule has 5 nitrogen and oxygen atoms in total. The number of amides is 2. The number of ether oxygens (including phenoxy) is 1. The van der Waals surface area contributed by atoms with Crippen molar-refractivity contribution in [2.45, 2.75) is 19.9 Å². The maximum atomic E-state index is 12.6. The molecule has 0 aliphatic heterocycles. The van der Waals surface area contributed by atoms with Crippen LogP contribution in [0.3, 0.4) is 0 Å².